The number of benzene rings is 1. The molecule has 1 aromatic heterocycles. The summed E-state index contributed by atoms with van der Waals surface area (Å²) in [7, 11) is 0. The highest BCUT2D eigenvalue weighted by Gasteiger charge is 2.35. The summed E-state index contributed by atoms with van der Waals surface area (Å²) in [6, 6.07) is 1.83. The number of aryl methyl sites for hydroxylation is 1. The van der Waals surface area contributed by atoms with Gasteiger partial charge in [0.2, 0.25) is 0 Å². The first-order valence-electron chi connectivity index (χ1n) is 5.50. The van der Waals surface area contributed by atoms with Crippen molar-refractivity contribution >= 4 is 10.9 Å². The standard InChI is InChI=1S/C12H11F3N2O2/c1-5(18)7-3-8-10(4-9(7)12(13,14)15)16-6(2)17-11(8)19/h3-5,18H,1-2H3,(H,16,17,19). The van der Waals surface area contributed by atoms with Gasteiger partial charge in [-0.2, -0.15) is 13.2 Å². The molecule has 0 spiro atoms. The van der Waals surface area contributed by atoms with Crippen LogP contribution >= 0.6 is 0 Å². The Bertz CT molecular complexity index is 690. The Morgan fingerprint density at radius 2 is 2.00 bits per heavy atom. The molecule has 1 aromatic carbocycles. The first-order valence-corrected chi connectivity index (χ1v) is 5.50. The summed E-state index contributed by atoms with van der Waals surface area (Å²) in [6.07, 6.45) is -5.94. The molecule has 102 valence electrons. The minimum atomic E-state index is -4.61. The minimum Gasteiger partial charge on any atom is -0.389 e. The van der Waals surface area contributed by atoms with Gasteiger partial charge in [0.1, 0.15) is 5.82 Å². The second-order valence-corrected chi connectivity index (χ2v) is 4.28. The van der Waals surface area contributed by atoms with E-state index in [0.717, 1.165) is 12.1 Å². The van der Waals surface area contributed by atoms with Gasteiger partial charge in [0.05, 0.1) is 22.6 Å². The number of nitrogens with one attached hydrogen (secondary N) is 1. The minimum absolute atomic E-state index is 0.0227. The molecule has 0 saturated carbocycles. The molecule has 1 heterocycles. The third-order valence-corrected chi connectivity index (χ3v) is 2.75. The average Bonchev–Trinajstić information content (AvgIpc) is 2.25. The van der Waals surface area contributed by atoms with Crippen LogP contribution in [0.5, 0.6) is 0 Å². The van der Waals surface area contributed by atoms with E-state index >= 15 is 0 Å². The van der Waals surface area contributed by atoms with Crippen LogP contribution in [0.3, 0.4) is 0 Å². The first kappa shape index (κ1) is 13.5. The quantitative estimate of drug-likeness (QED) is 0.837. The van der Waals surface area contributed by atoms with Gasteiger partial charge in [0.25, 0.3) is 5.56 Å². The van der Waals surface area contributed by atoms with Crippen LogP contribution in [0.15, 0.2) is 16.9 Å². The van der Waals surface area contributed by atoms with Crippen LogP contribution in [-0.4, -0.2) is 15.1 Å². The van der Waals surface area contributed by atoms with Gasteiger partial charge in [-0.1, -0.05) is 0 Å². The number of hydrogen-bond donors (Lipinski definition) is 2. The lowest BCUT2D eigenvalue weighted by Gasteiger charge is -2.15. The average molecular weight is 272 g/mol. The molecule has 0 bridgehead atoms. The summed E-state index contributed by atoms with van der Waals surface area (Å²) in [5.74, 6) is 0.232. The number of H-pyrrole nitrogens is 1. The molecule has 0 radical (unpaired) electrons. The van der Waals surface area contributed by atoms with Crippen LogP contribution in [0.4, 0.5) is 13.2 Å². The number of aromatic nitrogens is 2. The van der Waals surface area contributed by atoms with Crippen molar-refractivity contribution in [2.45, 2.75) is 26.1 Å². The number of fused-ring (bicyclic) bond motifs is 1. The molecule has 2 aromatic rings. The summed E-state index contributed by atoms with van der Waals surface area (Å²) < 4.78 is 38.7. The number of rotatable bonds is 1. The first-order chi connectivity index (χ1) is 8.70. The molecule has 0 saturated heterocycles. The van der Waals surface area contributed by atoms with Crippen LogP contribution in [0.1, 0.15) is 30.0 Å². The zero-order valence-corrected chi connectivity index (χ0v) is 10.2. The van der Waals surface area contributed by atoms with E-state index in [-0.39, 0.29) is 22.3 Å². The van der Waals surface area contributed by atoms with Crippen LogP contribution in [0.25, 0.3) is 10.9 Å². The Morgan fingerprint density at radius 3 is 2.53 bits per heavy atom. The fourth-order valence-corrected chi connectivity index (χ4v) is 1.91. The van der Waals surface area contributed by atoms with E-state index in [0.29, 0.717) is 0 Å². The van der Waals surface area contributed by atoms with Gasteiger partial charge in [-0.3, -0.25) is 4.79 Å². The Morgan fingerprint density at radius 1 is 1.37 bits per heavy atom. The Hall–Kier alpha value is -1.89. The van der Waals surface area contributed by atoms with E-state index in [1.807, 2.05) is 0 Å². The van der Waals surface area contributed by atoms with Crippen molar-refractivity contribution in [3.63, 3.8) is 0 Å². The van der Waals surface area contributed by atoms with E-state index in [1.54, 1.807) is 0 Å². The van der Waals surface area contributed by atoms with Crippen molar-refractivity contribution in [3.8, 4) is 0 Å². The maximum absolute atomic E-state index is 12.9. The molecule has 0 amide bonds. The molecular formula is C12H11F3N2O2. The predicted octanol–water partition coefficient (Wildman–Crippen LogP) is 2.30. The Balaban J connectivity index is 2.89. The monoisotopic (exact) mass is 272 g/mol. The third kappa shape index (κ3) is 2.46. The van der Waals surface area contributed by atoms with Gasteiger partial charge in [0.15, 0.2) is 0 Å². The highest BCUT2D eigenvalue weighted by molar-refractivity contribution is 5.79. The molecule has 4 nitrogen and oxygen atoms in total. The molecule has 1 unspecified atom stereocenters. The second kappa shape index (κ2) is 4.34. The van der Waals surface area contributed by atoms with Gasteiger partial charge in [-0.25, -0.2) is 4.98 Å². The molecule has 2 rings (SSSR count). The highest BCUT2D eigenvalue weighted by atomic mass is 19.4. The van der Waals surface area contributed by atoms with E-state index in [9.17, 15) is 23.1 Å². The zero-order valence-electron chi connectivity index (χ0n) is 10.2. The maximum atomic E-state index is 12.9. The molecule has 2 N–H and O–H groups in total. The molecule has 0 aliphatic rings. The lowest BCUT2D eigenvalue weighted by atomic mass is 10.00. The van der Waals surface area contributed by atoms with Crippen molar-refractivity contribution in [1.29, 1.82) is 0 Å². The fourth-order valence-electron chi connectivity index (χ4n) is 1.91. The molecule has 19 heavy (non-hydrogen) atoms. The molecule has 1 atom stereocenters. The number of aliphatic hydroxyl groups excluding tert-OH is 1. The topological polar surface area (TPSA) is 66.0 Å². The predicted molar refractivity (Wildman–Crippen MR) is 62.7 cm³/mol. The van der Waals surface area contributed by atoms with E-state index in [1.165, 1.54) is 13.8 Å². The smallest absolute Gasteiger partial charge is 0.389 e. The number of halogens is 3. The van der Waals surface area contributed by atoms with Gasteiger partial charge in [0, 0.05) is 0 Å². The second-order valence-electron chi connectivity index (χ2n) is 4.28. The summed E-state index contributed by atoms with van der Waals surface area (Å²) in [6.45, 7) is 2.70. The molecular weight excluding hydrogens is 261 g/mol. The Labute approximate surface area is 105 Å². The van der Waals surface area contributed by atoms with Gasteiger partial charge in [-0.15, -0.1) is 0 Å². The number of nitrogens with zero attached hydrogens (tertiary/aromatic N) is 1. The maximum Gasteiger partial charge on any atom is 0.416 e. The molecule has 0 fully saturated rings. The lowest BCUT2D eigenvalue weighted by Crippen LogP contribution is -2.15. The van der Waals surface area contributed by atoms with E-state index in [4.69, 9.17) is 0 Å². The summed E-state index contributed by atoms with van der Waals surface area (Å²) in [4.78, 5) is 18.0. The largest absolute Gasteiger partial charge is 0.416 e. The number of aromatic amines is 1. The van der Waals surface area contributed by atoms with Crippen molar-refractivity contribution < 1.29 is 18.3 Å². The van der Waals surface area contributed by atoms with E-state index in [2.05, 4.69) is 9.97 Å². The van der Waals surface area contributed by atoms with Crippen LogP contribution in [0.2, 0.25) is 0 Å². The summed E-state index contributed by atoms with van der Waals surface area (Å²) in [5, 5.41) is 9.46. The summed E-state index contributed by atoms with van der Waals surface area (Å²) in [5.41, 5.74) is -1.89. The lowest BCUT2D eigenvalue weighted by molar-refractivity contribution is -0.139. The van der Waals surface area contributed by atoms with E-state index < -0.39 is 23.4 Å². The third-order valence-electron chi connectivity index (χ3n) is 2.75. The Kier molecular flexibility index (Phi) is 3.09. The number of aliphatic hydroxyl groups is 1. The fraction of sp³-hybridized carbons (Fsp3) is 0.333. The molecule has 0 aliphatic heterocycles. The van der Waals surface area contributed by atoms with Gasteiger partial charge in [-0.05, 0) is 31.5 Å². The van der Waals surface area contributed by atoms with Gasteiger partial charge >= 0.3 is 6.18 Å². The van der Waals surface area contributed by atoms with Crippen molar-refractivity contribution in [2.75, 3.05) is 0 Å². The van der Waals surface area contributed by atoms with Crippen molar-refractivity contribution in [2.24, 2.45) is 0 Å². The van der Waals surface area contributed by atoms with Crippen LogP contribution in [-0.2, 0) is 6.18 Å². The SMILES string of the molecule is Cc1nc2cc(C(F)(F)F)c(C(C)O)cc2c(=O)[nH]1. The van der Waals surface area contributed by atoms with Crippen molar-refractivity contribution in [3.05, 3.63) is 39.4 Å². The van der Waals surface area contributed by atoms with Crippen LogP contribution in [0, 0.1) is 6.92 Å². The van der Waals surface area contributed by atoms with Crippen LogP contribution < -0.4 is 5.56 Å². The highest BCUT2D eigenvalue weighted by Crippen LogP contribution is 2.36. The number of alkyl halides is 3. The zero-order chi connectivity index (χ0) is 14.4. The van der Waals surface area contributed by atoms with Gasteiger partial charge < -0.3 is 10.1 Å². The molecule has 0 aliphatic carbocycles. The normalized spacial score (nSPS) is 13.8. The summed E-state index contributed by atoms with van der Waals surface area (Å²) >= 11 is 0. The number of hydrogen-bond acceptors (Lipinski definition) is 3. The van der Waals surface area contributed by atoms with Crippen molar-refractivity contribution in [1.82, 2.24) is 9.97 Å². The molecule has 7 heteroatoms.